The lowest BCUT2D eigenvalue weighted by Gasteiger charge is -2.32. The molecule has 19 heavy (non-hydrogen) atoms. The van der Waals surface area contributed by atoms with Crippen LogP contribution >= 0.6 is 15.9 Å². The van der Waals surface area contributed by atoms with Gasteiger partial charge in [-0.05, 0) is 4.48 Å². The minimum absolute atomic E-state index is 0.0167. The molecule has 1 heterocycles. The molecule has 104 valence electrons. The molecular weight excluding hydrogens is 316 g/mol. The number of carbonyl (C=O) groups is 2. The van der Waals surface area contributed by atoms with Crippen LogP contribution in [0.4, 0.5) is 0 Å². The van der Waals surface area contributed by atoms with E-state index in [4.69, 9.17) is 4.74 Å². The van der Waals surface area contributed by atoms with E-state index in [0.717, 1.165) is 4.48 Å². The zero-order valence-corrected chi connectivity index (χ0v) is 12.0. The first kappa shape index (κ1) is 14.3. The molecule has 5 nitrogen and oxygen atoms in total. The Morgan fingerprint density at radius 1 is 1.68 bits per heavy atom. The number of allylic oxidation sites excluding steroid dienone is 1. The maximum Gasteiger partial charge on any atom is 0.330 e. The maximum atomic E-state index is 11.8. The Labute approximate surface area is 119 Å². The van der Waals surface area contributed by atoms with Gasteiger partial charge in [0.05, 0.1) is 26.2 Å². The van der Waals surface area contributed by atoms with Gasteiger partial charge in [-0.2, -0.15) is 0 Å². The third-order valence-electron chi connectivity index (χ3n) is 3.61. The Morgan fingerprint density at radius 3 is 3.05 bits per heavy atom. The van der Waals surface area contributed by atoms with E-state index in [1.165, 1.54) is 13.2 Å². The summed E-state index contributed by atoms with van der Waals surface area (Å²) in [4.78, 5) is 23.0. The zero-order chi connectivity index (χ0) is 14.0. The van der Waals surface area contributed by atoms with Gasteiger partial charge in [-0.25, -0.2) is 4.79 Å². The van der Waals surface area contributed by atoms with Crippen LogP contribution in [0.15, 0.2) is 22.7 Å². The third-order valence-corrected chi connectivity index (χ3v) is 4.46. The summed E-state index contributed by atoms with van der Waals surface area (Å²) < 4.78 is 10.5. The highest BCUT2D eigenvalue weighted by atomic mass is 79.9. The lowest BCUT2D eigenvalue weighted by Crippen LogP contribution is -2.35. The van der Waals surface area contributed by atoms with Crippen LogP contribution in [0, 0.1) is 23.7 Å². The first-order valence-corrected chi connectivity index (χ1v) is 6.78. The molecule has 0 aromatic rings. The summed E-state index contributed by atoms with van der Waals surface area (Å²) in [6, 6.07) is 0. The van der Waals surface area contributed by atoms with Gasteiger partial charge in [0, 0.05) is 23.8 Å². The Kier molecular flexibility index (Phi) is 4.42. The molecule has 0 spiro atoms. The van der Waals surface area contributed by atoms with E-state index in [1.54, 1.807) is 6.08 Å². The van der Waals surface area contributed by atoms with E-state index in [1.807, 2.05) is 6.08 Å². The quantitative estimate of drug-likeness (QED) is 0.618. The number of halogens is 1. The lowest BCUT2D eigenvalue weighted by atomic mass is 9.71. The van der Waals surface area contributed by atoms with Gasteiger partial charge in [-0.3, -0.25) is 4.79 Å². The first-order chi connectivity index (χ1) is 9.08. The third kappa shape index (κ3) is 2.74. The van der Waals surface area contributed by atoms with Crippen molar-refractivity contribution >= 4 is 27.9 Å². The molecule has 0 bridgehead atoms. The predicted octanol–water partition coefficient (Wildman–Crippen LogP) is 1.02. The minimum atomic E-state index is -0.481. The van der Waals surface area contributed by atoms with Gasteiger partial charge in [0.1, 0.15) is 0 Å². The summed E-state index contributed by atoms with van der Waals surface area (Å²) in [6.45, 7) is 0.239. The van der Waals surface area contributed by atoms with Gasteiger partial charge in [-0.1, -0.05) is 28.1 Å². The lowest BCUT2D eigenvalue weighted by molar-refractivity contribution is -0.143. The smallest absolute Gasteiger partial charge is 0.330 e. The van der Waals surface area contributed by atoms with Crippen LogP contribution in [-0.4, -0.2) is 37.4 Å². The van der Waals surface area contributed by atoms with Crippen LogP contribution in [0.5, 0.6) is 0 Å². The fraction of sp³-hybridized carbons (Fsp3) is 0.538. The van der Waals surface area contributed by atoms with Crippen molar-refractivity contribution in [1.82, 2.24) is 0 Å². The molecule has 6 heteroatoms. The molecular formula is C13H15BrO5. The van der Waals surface area contributed by atoms with Crippen molar-refractivity contribution in [2.75, 3.05) is 20.3 Å². The SMILES string of the molecule is COC(=O)/C=C/[C@@H]1[C@H]2C(=O)OC[C@H]2C=C(Br)[C@H]1CO. The zero-order valence-electron chi connectivity index (χ0n) is 10.4. The number of carbonyl (C=O) groups excluding carboxylic acids is 2. The van der Waals surface area contributed by atoms with Crippen molar-refractivity contribution in [2.45, 2.75) is 0 Å². The number of esters is 2. The molecule has 4 atom stereocenters. The van der Waals surface area contributed by atoms with Gasteiger partial charge in [0.2, 0.25) is 0 Å². The van der Waals surface area contributed by atoms with Gasteiger partial charge in [-0.15, -0.1) is 0 Å². The average Bonchev–Trinajstić information content (AvgIpc) is 2.76. The molecule has 2 rings (SSSR count). The normalized spacial score (nSPS) is 33.8. The Balaban J connectivity index is 2.30. The van der Waals surface area contributed by atoms with E-state index in [-0.39, 0.29) is 36.2 Å². The fourth-order valence-electron chi connectivity index (χ4n) is 2.63. The van der Waals surface area contributed by atoms with Crippen molar-refractivity contribution in [3.05, 3.63) is 22.7 Å². The molecule has 0 saturated carbocycles. The van der Waals surface area contributed by atoms with Gasteiger partial charge in [0.15, 0.2) is 0 Å². The molecule has 1 saturated heterocycles. The van der Waals surface area contributed by atoms with Crippen LogP contribution < -0.4 is 0 Å². The largest absolute Gasteiger partial charge is 0.466 e. The van der Waals surface area contributed by atoms with Gasteiger partial charge >= 0.3 is 11.9 Å². The minimum Gasteiger partial charge on any atom is -0.466 e. The summed E-state index contributed by atoms with van der Waals surface area (Å²) in [5.41, 5.74) is 0. The van der Waals surface area contributed by atoms with Crippen LogP contribution in [0.25, 0.3) is 0 Å². The van der Waals surface area contributed by atoms with Crippen molar-refractivity contribution in [2.24, 2.45) is 23.7 Å². The summed E-state index contributed by atoms with van der Waals surface area (Å²) >= 11 is 3.42. The number of hydrogen-bond donors (Lipinski definition) is 1. The second-order valence-corrected chi connectivity index (χ2v) is 5.54. The summed E-state index contributed by atoms with van der Waals surface area (Å²) in [5.74, 6) is -1.64. The molecule has 0 aromatic heterocycles. The molecule has 0 unspecified atom stereocenters. The highest BCUT2D eigenvalue weighted by molar-refractivity contribution is 9.11. The van der Waals surface area contributed by atoms with Gasteiger partial charge < -0.3 is 14.6 Å². The number of methoxy groups -OCH3 is 1. The molecule has 0 aromatic carbocycles. The summed E-state index contributed by atoms with van der Waals surface area (Å²) in [5, 5.41) is 9.49. The Hall–Kier alpha value is -1.14. The highest BCUT2D eigenvalue weighted by Gasteiger charge is 2.47. The topological polar surface area (TPSA) is 72.8 Å². The fourth-order valence-corrected chi connectivity index (χ4v) is 3.42. The second kappa shape index (κ2) is 5.88. The van der Waals surface area contributed by atoms with Crippen LogP contribution in [-0.2, 0) is 19.1 Å². The maximum absolute atomic E-state index is 11.8. The van der Waals surface area contributed by atoms with Crippen molar-refractivity contribution in [1.29, 1.82) is 0 Å². The van der Waals surface area contributed by atoms with E-state index in [9.17, 15) is 14.7 Å². The molecule has 0 radical (unpaired) electrons. The van der Waals surface area contributed by atoms with Crippen molar-refractivity contribution in [3.63, 3.8) is 0 Å². The van der Waals surface area contributed by atoms with E-state index < -0.39 is 5.97 Å². The number of hydrogen-bond acceptors (Lipinski definition) is 5. The van der Waals surface area contributed by atoms with Crippen LogP contribution in [0.1, 0.15) is 0 Å². The Morgan fingerprint density at radius 2 is 2.42 bits per heavy atom. The molecule has 1 aliphatic carbocycles. The number of ether oxygens (including phenoxy) is 2. The average molecular weight is 331 g/mol. The number of rotatable bonds is 3. The molecule has 2 aliphatic rings. The van der Waals surface area contributed by atoms with E-state index >= 15 is 0 Å². The second-order valence-electron chi connectivity index (χ2n) is 4.62. The number of cyclic esters (lactones) is 1. The van der Waals surface area contributed by atoms with Crippen molar-refractivity contribution in [3.8, 4) is 0 Å². The number of fused-ring (bicyclic) bond motifs is 1. The molecule has 1 N–H and O–H groups in total. The number of aliphatic hydroxyl groups is 1. The molecule has 1 aliphatic heterocycles. The predicted molar refractivity (Wildman–Crippen MR) is 70.2 cm³/mol. The van der Waals surface area contributed by atoms with Crippen molar-refractivity contribution < 1.29 is 24.2 Å². The standard InChI is InChI=1S/C13H15BrO5/c1-18-11(16)3-2-8-9(5-15)10(14)4-7-6-19-13(17)12(7)8/h2-4,7-9,12,15H,5-6H2,1H3/b3-2+/t7-,8+,9+,12+/m1/s1. The Bertz CT molecular complexity index is 442. The highest BCUT2D eigenvalue weighted by Crippen LogP contribution is 2.44. The summed E-state index contributed by atoms with van der Waals surface area (Å²) in [6.07, 6.45) is 4.84. The van der Waals surface area contributed by atoms with Crippen LogP contribution in [0.2, 0.25) is 0 Å². The van der Waals surface area contributed by atoms with Crippen LogP contribution in [0.3, 0.4) is 0 Å². The summed E-state index contributed by atoms with van der Waals surface area (Å²) in [7, 11) is 1.29. The van der Waals surface area contributed by atoms with Gasteiger partial charge in [0.25, 0.3) is 0 Å². The molecule has 1 fully saturated rings. The molecule has 0 amide bonds. The first-order valence-electron chi connectivity index (χ1n) is 5.99. The number of aliphatic hydroxyl groups excluding tert-OH is 1. The van der Waals surface area contributed by atoms with E-state index in [0.29, 0.717) is 6.61 Å². The monoisotopic (exact) mass is 330 g/mol. The van der Waals surface area contributed by atoms with E-state index in [2.05, 4.69) is 20.7 Å².